The first kappa shape index (κ1) is 15.9. The molecule has 0 unspecified atom stereocenters. The molecular weight excluding hydrogens is 316 g/mol. The van der Waals surface area contributed by atoms with Crippen molar-refractivity contribution in [2.75, 3.05) is 6.61 Å². The van der Waals surface area contributed by atoms with E-state index in [0.29, 0.717) is 41.3 Å². The van der Waals surface area contributed by atoms with E-state index < -0.39 is 0 Å². The van der Waals surface area contributed by atoms with Crippen molar-refractivity contribution in [2.24, 2.45) is 5.92 Å². The molecule has 0 radical (unpaired) electrons. The summed E-state index contributed by atoms with van der Waals surface area (Å²) in [7, 11) is 0. The zero-order chi connectivity index (χ0) is 16.6. The second-order valence-electron chi connectivity index (χ2n) is 6.12. The van der Waals surface area contributed by atoms with Gasteiger partial charge in [0.05, 0.1) is 16.8 Å². The molecule has 0 spiro atoms. The summed E-state index contributed by atoms with van der Waals surface area (Å²) >= 11 is 6.10. The number of fused-ring (bicyclic) bond motifs is 1. The van der Waals surface area contributed by atoms with Gasteiger partial charge in [0.25, 0.3) is 5.91 Å². The van der Waals surface area contributed by atoms with Gasteiger partial charge in [-0.3, -0.25) is 4.79 Å². The Hall–Kier alpha value is -2.01. The van der Waals surface area contributed by atoms with Gasteiger partial charge in [0.2, 0.25) is 5.76 Å². The predicted octanol–water partition coefficient (Wildman–Crippen LogP) is 3.70. The Balaban J connectivity index is 1.76. The lowest BCUT2D eigenvalue weighted by Crippen LogP contribution is -2.29. The summed E-state index contributed by atoms with van der Waals surface area (Å²) in [5.41, 5.74) is 1.48. The summed E-state index contributed by atoms with van der Waals surface area (Å²) < 4.78 is 11.2. The minimum Gasteiger partial charge on any atom is -0.489 e. The van der Waals surface area contributed by atoms with Crippen LogP contribution in [0.3, 0.4) is 0 Å². The molecule has 0 bridgehead atoms. The van der Waals surface area contributed by atoms with Crippen LogP contribution in [0.1, 0.15) is 47.6 Å². The third kappa shape index (κ3) is 3.20. The fraction of sp³-hybridized carbons (Fsp3) is 0.412. The molecule has 0 saturated carbocycles. The van der Waals surface area contributed by atoms with Crippen molar-refractivity contribution in [2.45, 2.75) is 33.2 Å². The minimum atomic E-state index is -0.286. The van der Waals surface area contributed by atoms with E-state index in [9.17, 15) is 4.79 Å². The van der Waals surface area contributed by atoms with E-state index in [1.165, 1.54) is 0 Å². The van der Waals surface area contributed by atoms with Crippen molar-refractivity contribution in [3.63, 3.8) is 0 Å². The van der Waals surface area contributed by atoms with E-state index in [1.807, 2.05) is 12.1 Å². The van der Waals surface area contributed by atoms with Crippen molar-refractivity contribution in [1.82, 2.24) is 10.3 Å². The second-order valence-corrected chi connectivity index (χ2v) is 6.52. The number of carbonyl (C=O) groups is 1. The van der Waals surface area contributed by atoms with Gasteiger partial charge >= 0.3 is 0 Å². The number of benzene rings is 1. The molecule has 1 amide bonds. The standard InChI is InChI=1S/C17H19ClN2O3/c1-9(2)7-14-19-10(3)15(23-14)17(21)20-13-8-22-16-11(13)5-4-6-12(16)18/h4-6,9,13H,7-8H2,1-3H3,(H,20,21)/t13-/m1/s1. The van der Waals surface area contributed by atoms with Crippen LogP contribution in [0, 0.1) is 12.8 Å². The van der Waals surface area contributed by atoms with Gasteiger partial charge in [-0.25, -0.2) is 4.98 Å². The van der Waals surface area contributed by atoms with Crippen molar-refractivity contribution in [3.8, 4) is 5.75 Å². The number of para-hydroxylation sites is 1. The molecular formula is C17H19ClN2O3. The highest BCUT2D eigenvalue weighted by Gasteiger charge is 2.29. The van der Waals surface area contributed by atoms with Gasteiger partial charge in [-0.2, -0.15) is 0 Å². The molecule has 122 valence electrons. The number of amides is 1. The minimum absolute atomic E-state index is 0.241. The largest absolute Gasteiger partial charge is 0.489 e. The summed E-state index contributed by atoms with van der Waals surface area (Å²) in [6.07, 6.45) is 0.707. The molecule has 5 nitrogen and oxygen atoms in total. The fourth-order valence-corrected chi connectivity index (χ4v) is 2.89. The van der Waals surface area contributed by atoms with E-state index in [2.05, 4.69) is 24.1 Å². The summed E-state index contributed by atoms with van der Waals surface area (Å²) in [5, 5.41) is 3.48. The van der Waals surface area contributed by atoms with Crippen LogP contribution in [0.25, 0.3) is 0 Å². The first-order valence-electron chi connectivity index (χ1n) is 7.64. The lowest BCUT2D eigenvalue weighted by molar-refractivity contribution is 0.0899. The lowest BCUT2D eigenvalue weighted by atomic mass is 10.1. The molecule has 0 aliphatic carbocycles. The number of hydrogen-bond donors (Lipinski definition) is 1. The quantitative estimate of drug-likeness (QED) is 0.926. The number of oxazole rings is 1. The van der Waals surface area contributed by atoms with Crippen LogP contribution in [0.2, 0.25) is 5.02 Å². The van der Waals surface area contributed by atoms with E-state index in [1.54, 1.807) is 13.0 Å². The summed E-state index contributed by atoms with van der Waals surface area (Å²) in [4.78, 5) is 16.8. The molecule has 1 aliphatic heterocycles. The van der Waals surface area contributed by atoms with E-state index in [-0.39, 0.29) is 17.7 Å². The maximum atomic E-state index is 12.5. The third-order valence-electron chi connectivity index (χ3n) is 3.70. The Morgan fingerprint density at radius 1 is 1.48 bits per heavy atom. The van der Waals surface area contributed by atoms with Crippen LogP contribution in [0.4, 0.5) is 0 Å². The smallest absolute Gasteiger partial charge is 0.289 e. The maximum Gasteiger partial charge on any atom is 0.289 e. The second kappa shape index (κ2) is 6.24. The number of aryl methyl sites for hydroxylation is 1. The first-order chi connectivity index (χ1) is 11.0. The number of hydrogen-bond acceptors (Lipinski definition) is 4. The lowest BCUT2D eigenvalue weighted by Gasteiger charge is -2.10. The van der Waals surface area contributed by atoms with Gasteiger partial charge in [0, 0.05) is 12.0 Å². The van der Waals surface area contributed by atoms with Gasteiger partial charge in [-0.05, 0) is 18.9 Å². The van der Waals surface area contributed by atoms with Crippen LogP contribution >= 0.6 is 11.6 Å². The number of ether oxygens (including phenoxy) is 1. The topological polar surface area (TPSA) is 64.4 Å². The Morgan fingerprint density at radius 2 is 2.26 bits per heavy atom. The number of rotatable bonds is 4. The summed E-state index contributed by atoms with van der Waals surface area (Å²) in [6.45, 7) is 6.29. The third-order valence-corrected chi connectivity index (χ3v) is 4.00. The number of carbonyl (C=O) groups excluding carboxylic acids is 1. The van der Waals surface area contributed by atoms with E-state index in [4.69, 9.17) is 20.8 Å². The molecule has 0 saturated heterocycles. The highest BCUT2D eigenvalue weighted by molar-refractivity contribution is 6.32. The molecule has 23 heavy (non-hydrogen) atoms. The van der Waals surface area contributed by atoms with Gasteiger partial charge < -0.3 is 14.5 Å². The van der Waals surface area contributed by atoms with E-state index >= 15 is 0 Å². The monoisotopic (exact) mass is 334 g/mol. The Labute approximate surface area is 140 Å². The van der Waals surface area contributed by atoms with Gasteiger partial charge in [0.15, 0.2) is 5.89 Å². The van der Waals surface area contributed by atoms with Gasteiger partial charge in [-0.15, -0.1) is 0 Å². The molecule has 2 aromatic rings. The normalized spacial score (nSPS) is 16.3. The molecule has 1 atom stereocenters. The highest BCUT2D eigenvalue weighted by Crippen LogP contribution is 2.38. The molecule has 1 aliphatic rings. The molecule has 0 fully saturated rings. The molecule has 1 N–H and O–H groups in total. The number of nitrogens with zero attached hydrogens (tertiary/aromatic N) is 1. The van der Waals surface area contributed by atoms with Crippen molar-refractivity contribution in [1.29, 1.82) is 0 Å². The fourth-order valence-electron chi connectivity index (χ4n) is 2.65. The highest BCUT2D eigenvalue weighted by atomic mass is 35.5. The van der Waals surface area contributed by atoms with Crippen molar-refractivity contribution >= 4 is 17.5 Å². The first-order valence-corrected chi connectivity index (χ1v) is 8.02. The summed E-state index contributed by atoms with van der Waals surface area (Å²) in [6, 6.07) is 5.27. The number of halogens is 1. The van der Waals surface area contributed by atoms with Crippen LogP contribution in [0.5, 0.6) is 5.75 Å². The zero-order valence-electron chi connectivity index (χ0n) is 13.4. The molecule has 3 rings (SSSR count). The van der Waals surface area contributed by atoms with Crippen molar-refractivity contribution < 1.29 is 13.9 Å². The SMILES string of the molecule is Cc1nc(CC(C)C)oc1C(=O)N[C@@H]1COc2c(Cl)cccc21. The van der Waals surface area contributed by atoms with Crippen LogP contribution in [-0.2, 0) is 6.42 Å². The van der Waals surface area contributed by atoms with Crippen molar-refractivity contribution in [3.05, 3.63) is 46.1 Å². The number of aromatic nitrogens is 1. The Kier molecular flexibility index (Phi) is 4.31. The Morgan fingerprint density at radius 3 is 3.00 bits per heavy atom. The number of nitrogens with one attached hydrogen (secondary N) is 1. The molecule has 1 aromatic heterocycles. The Bertz CT molecular complexity index is 739. The predicted molar refractivity (Wildman–Crippen MR) is 86.9 cm³/mol. The van der Waals surface area contributed by atoms with Crippen LogP contribution in [0.15, 0.2) is 22.6 Å². The summed E-state index contributed by atoms with van der Waals surface area (Å²) in [5.74, 6) is 1.62. The average Bonchev–Trinajstić information content (AvgIpc) is 3.03. The maximum absolute atomic E-state index is 12.5. The molecule has 6 heteroatoms. The van der Waals surface area contributed by atoms with E-state index in [0.717, 1.165) is 5.56 Å². The average molecular weight is 335 g/mol. The zero-order valence-corrected chi connectivity index (χ0v) is 14.1. The van der Waals surface area contributed by atoms with Gasteiger partial charge in [-0.1, -0.05) is 37.6 Å². The van der Waals surface area contributed by atoms with Crippen LogP contribution in [-0.4, -0.2) is 17.5 Å². The molecule has 2 heterocycles. The van der Waals surface area contributed by atoms with Crippen LogP contribution < -0.4 is 10.1 Å². The van der Waals surface area contributed by atoms with Gasteiger partial charge in [0.1, 0.15) is 12.4 Å². The molecule has 1 aromatic carbocycles.